The summed E-state index contributed by atoms with van der Waals surface area (Å²) in [4.78, 5) is 25.2. The number of rotatable bonds is 8. The van der Waals surface area contributed by atoms with Crippen molar-refractivity contribution < 1.29 is 19.0 Å². The zero-order chi connectivity index (χ0) is 26.0. The lowest BCUT2D eigenvalue weighted by atomic mass is 10.1. The van der Waals surface area contributed by atoms with E-state index in [0.29, 0.717) is 45.2 Å². The molecule has 1 aromatic carbocycles. The van der Waals surface area contributed by atoms with E-state index < -0.39 is 0 Å². The van der Waals surface area contributed by atoms with Crippen LogP contribution in [0.1, 0.15) is 0 Å². The number of nitrogens with zero attached hydrogens (tertiary/aromatic N) is 5. The summed E-state index contributed by atoms with van der Waals surface area (Å²) in [5, 5.41) is 11.1. The van der Waals surface area contributed by atoms with Crippen molar-refractivity contribution in [2.24, 2.45) is 7.05 Å². The number of benzene rings is 1. The molecule has 13 heteroatoms. The van der Waals surface area contributed by atoms with Crippen LogP contribution in [0.15, 0.2) is 37.2 Å². The van der Waals surface area contributed by atoms with Crippen LogP contribution >= 0.6 is 23.2 Å². The molecule has 1 amide bonds. The lowest BCUT2D eigenvalue weighted by Crippen LogP contribution is -2.09. The van der Waals surface area contributed by atoms with E-state index in [0.717, 1.165) is 6.08 Å². The van der Waals surface area contributed by atoms with Gasteiger partial charge in [0.05, 0.1) is 43.3 Å². The fraction of sp³-hybridized carbons (Fsp3) is 0.174. The molecule has 0 unspecified atom stereocenters. The normalized spacial score (nSPS) is 10.7. The predicted molar refractivity (Wildman–Crippen MR) is 138 cm³/mol. The molecule has 0 aliphatic heterocycles. The second kappa shape index (κ2) is 10.3. The molecule has 0 aliphatic rings. The number of hydrogen-bond donors (Lipinski definition) is 2. The zero-order valence-electron chi connectivity index (χ0n) is 19.7. The Hall–Kier alpha value is -4.09. The van der Waals surface area contributed by atoms with Crippen molar-refractivity contribution in [2.45, 2.75) is 0 Å². The summed E-state index contributed by atoms with van der Waals surface area (Å²) in [5.74, 6) is 1.14. The lowest BCUT2D eigenvalue weighted by molar-refractivity contribution is -0.111. The molecule has 36 heavy (non-hydrogen) atoms. The summed E-state index contributed by atoms with van der Waals surface area (Å²) >= 11 is 13.1. The average molecular weight is 530 g/mol. The average Bonchev–Trinajstić information content (AvgIpc) is 3.21. The first kappa shape index (κ1) is 25.0. The molecule has 0 spiro atoms. The SMILES string of the molecule is C=CC(=O)Nc1cn(C)nc1Nc1ncc2cc(-c3c(Cl)c(OC)cc(OC)c3Cl)nc(OC)c2n1. The van der Waals surface area contributed by atoms with Crippen LogP contribution in [-0.2, 0) is 11.8 Å². The van der Waals surface area contributed by atoms with Crippen LogP contribution in [-0.4, -0.2) is 52.0 Å². The molecular formula is C23H21Cl2N7O4. The summed E-state index contributed by atoms with van der Waals surface area (Å²) in [7, 11) is 6.17. The second-order valence-corrected chi connectivity index (χ2v) is 8.07. The number of hydrogen-bond acceptors (Lipinski definition) is 9. The van der Waals surface area contributed by atoms with E-state index in [1.54, 1.807) is 31.6 Å². The molecule has 0 saturated carbocycles. The molecule has 186 valence electrons. The van der Waals surface area contributed by atoms with Crippen LogP contribution in [0.5, 0.6) is 17.4 Å². The summed E-state index contributed by atoms with van der Waals surface area (Å²) < 4.78 is 17.8. The van der Waals surface area contributed by atoms with Crippen LogP contribution in [0.25, 0.3) is 22.2 Å². The first-order valence-corrected chi connectivity index (χ1v) is 11.1. The Morgan fingerprint density at radius 1 is 1.08 bits per heavy atom. The molecule has 0 atom stereocenters. The fourth-order valence-electron chi connectivity index (χ4n) is 3.41. The van der Waals surface area contributed by atoms with E-state index in [9.17, 15) is 4.79 Å². The predicted octanol–water partition coefficient (Wildman–Crippen LogP) is 4.63. The molecule has 0 aliphatic carbocycles. The van der Waals surface area contributed by atoms with Crippen molar-refractivity contribution in [3.05, 3.63) is 47.2 Å². The van der Waals surface area contributed by atoms with Gasteiger partial charge in [0.1, 0.15) is 22.7 Å². The van der Waals surface area contributed by atoms with Gasteiger partial charge in [0.2, 0.25) is 17.7 Å². The van der Waals surface area contributed by atoms with E-state index in [1.165, 1.54) is 26.0 Å². The number of anilines is 3. The summed E-state index contributed by atoms with van der Waals surface area (Å²) in [6.45, 7) is 3.45. The van der Waals surface area contributed by atoms with E-state index in [4.69, 9.17) is 37.4 Å². The highest BCUT2D eigenvalue weighted by Gasteiger charge is 2.22. The minimum atomic E-state index is -0.379. The highest BCUT2D eigenvalue weighted by atomic mass is 35.5. The summed E-state index contributed by atoms with van der Waals surface area (Å²) in [6.07, 6.45) is 4.38. The maximum atomic E-state index is 11.7. The Morgan fingerprint density at radius 3 is 2.39 bits per heavy atom. The fourth-order valence-corrected chi connectivity index (χ4v) is 4.11. The number of aromatic nitrogens is 5. The molecule has 0 bridgehead atoms. The first-order valence-electron chi connectivity index (χ1n) is 10.4. The molecule has 0 radical (unpaired) electrons. The third-order valence-electron chi connectivity index (χ3n) is 5.06. The van der Waals surface area contributed by atoms with Crippen molar-refractivity contribution in [1.82, 2.24) is 24.7 Å². The Bertz CT molecular complexity index is 1460. The Balaban J connectivity index is 1.79. The van der Waals surface area contributed by atoms with Crippen LogP contribution in [0, 0.1) is 0 Å². The second-order valence-electron chi connectivity index (χ2n) is 7.32. The molecule has 4 rings (SSSR count). The minimum Gasteiger partial charge on any atom is -0.495 e. The third kappa shape index (κ3) is 4.70. The number of aryl methyl sites for hydroxylation is 1. The van der Waals surface area contributed by atoms with Crippen LogP contribution in [0.4, 0.5) is 17.5 Å². The quantitative estimate of drug-likeness (QED) is 0.314. The first-order chi connectivity index (χ1) is 17.3. The number of methoxy groups -OCH3 is 3. The van der Waals surface area contributed by atoms with Crippen molar-refractivity contribution in [3.8, 4) is 28.6 Å². The van der Waals surface area contributed by atoms with Gasteiger partial charge in [-0.3, -0.25) is 9.48 Å². The summed E-state index contributed by atoms with van der Waals surface area (Å²) in [5.41, 5.74) is 1.68. The number of carbonyl (C=O) groups excluding carboxylic acids is 1. The standard InChI is InChI=1S/C23H21Cl2N7O4/c1-6-16(33)27-13-10-32(2)31-21(13)30-23-26-9-11-7-12(28-22(36-5)20(11)29-23)17-18(24)14(34-3)8-15(35-4)19(17)25/h6-10H,1H2,2-5H3,(H,27,33)(H,26,29,30,31). The molecule has 11 nitrogen and oxygen atoms in total. The number of carbonyl (C=O) groups is 1. The number of nitrogens with one attached hydrogen (secondary N) is 2. The Morgan fingerprint density at radius 2 is 1.78 bits per heavy atom. The molecule has 3 aromatic heterocycles. The van der Waals surface area contributed by atoms with Crippen LogP contribution in [0.2, 0.25) is 10.0 Å². The van der Waals surface area contributed by atoms with Gasteiger partial charge in [-0.2, -0.15) is 5.10 Å². The largest absolute Gasteiger partial charge is 0.495 e. The Labute approximate surface area is 216 Å². The van der Waals surface area contributed by atoms with Gasteiger partial charge in [-0.1, -0.05) is 29.8 Å². The smallest absolute Gasteiger partial charge is 0.247 e. The van der Waals surface area contributed by atoms with E-state index in [1.807, 2.05) is 0 Å². The third-order valence-corrected chi connectivity index (χ3v) is 5.81. The highest BCUT2D eigenvalue weighted by Crippen LogP contribution is 2.46. The van der Waals surface area contributed by atoms with Gasteiger partial charge in [-0.05, 0) is 12.1 Å². The van der Waals surface area contributed by atoms with Crippen molar-refractivity contribution in [3.63, 3.8) is 0 Å². The number of amides is 1. The molecule has 3 heterocycles. The van der Waals surface area contributed by atoms with Gasteiger partial charge in [-0.25, -0.2) is 15.0 Å². The van der Waals surface area contributed by atoms with Gasteiger partial charge in [-0.15, -0.1) is 0 Å². The molecule has 0 saturated heterocycles. The molecule has 0 fully saturated rings. The number of ether oxygens (including phenoxy) is 3. The van der Waals surface area contributed by atoms with Gasteiger partial charge in [0.15, 0.2) is 5.82 Å². The zero-order valence-corrected chi connectivity index (χ0v) is 21.2. The van der Waals surface area contributed by atoms with E-state index >= 15 is 0 Å². The molecule has 2 N–H and O–H groups in total. The topological polar surface area (TPSA) is 125 Å². The highest BCUT2D eigenvalue weighted by molar-refractivity contribution is 6.41. The van der Waals surface area contributed by atoms with Crippen molar-refractivity contribution in [2.75, 3.05) is 32.0 Å². The van der Waals surface area contributed by atoms with Gasteiger partial charge >= 0.3 is 0 Å². The number of fused-ring (bicyclic) bond motifs is 1. The van der Waals surface area contributed by atoms with Gasteiger partial charge in [0.25, 0.3) is 0 Å². The maximum Gasteiger partial charge on any atom is 0.247 e. The summed E-state index contributed by atoms with van der Waals surface area (Å²) in [6, 6.07) is 3.32. The van der Waals surface area contributed by atoms with Crippen LogP contribution < -0.4 is 24.8 Å². The van der Waals surface area contributed by atoms with E-state index in [-0.39, 0.29) is 27.8 Å². The maximum absolute atomic E-state index is 11.7. The number of pyridine rings is 1. The molecular weight excluding hydrogens is 509 g/mol. The number of halogens is 2. The van der Waals surface area contributed by atoms with Crippen molar-refractivity contribution >= 4 is 57.5 Å². The molecule has 4 aromatic rings. The minimum absolute atomic E-state index is 0.210. The lowest BCUT2D eigenvalue weighted by Gasteiger charge is -2.15. The Kier molecular flexibility index (Phi) is 7.13. The van der Waals surface area contributed by atoms with E-state index in [2.05, 4.69) is 37.3 Å². The van der Waals surface area contributed by atoms with Gasteiger partial charge in [0, 0.05) is 30.3 Å². The van der Waals surface area contributed by atoms with Gasteiger partial charge < -0.3 is 24.8 Å². The van der Waals surface area contributed by atoms with Crippen LogP contribution in [0.3, 0.4) is 0 Å². The monoisotopic (exact) mass is 529 g/mol. The van der Waals surface area contributed by atoms with Crippen molar-refractivity contribution in [1.29, 1.82) is 0 Å².